The van der Waals surface area contributed by atoms with E-state index in [0.717, 1.165) is 11.8 Å². The third-order valence-electron chi connectivity index (χ3n) is 2.81. The van der Waals surface area contributed by atoms with E-state index in [2.05, 4.69) is 5.32 Å². The molecular weight excluding hydrogens is 303 g/mol. The number of carbonyl (C=O) groups is 2. The molecule has 4 N–H and O–H groups in total. The summed E-state index contributed by atoms with van der Waals surface area (Å²) in [5.74, 6) is -1.54. The van der Waals surface area contributed by atoms with E-state index in [4.69, 9.17) is 20.4 Å². The van der Waals surface area contributed by atoms with Crippen molar-refractivity contribution in [1.29, 1.82) is 0 Å². The maximum atomic E-state index is 13.8. The average Bonchev–Trinajstić information content (AvgIpc) is 2.52. The lowest BCUT2D eigenvalue weighted by Gasteiger charge is -2.17. The molecule has 0 aliphatic carbocycles. The maximum Gasteiger partial charge on any atom is 0.320 e. The molecular formula is C16H27FN2O4. The average molecular weight is 330 g/mol. The van der Waals surface area contributed by atoms with Gasteiger partial charge in [0.15, 0.2) is 11.6 Å². The SMILES string of the molecule is CC.CC=O.CNc1c(C)c(CC(N)C(=O)O)cc(F)c1OC. The van der Waals surface area contributed by atoms with Gasteiger partial charge in [0.2, 0.25) is 0 Å². The van der Waals surface area contributed by atoms with Crippen LogP contribution in [0.15, 0.2) is 6.07 Å². The molecule has 0 saturated heterocycles. The van der Waals surface area contributed by atoms with Crippen molar-refractivity contribution in [1.82, 2.24) is 0 Å². The van der Waals surface area contributed by atoms with Crippen molar-refractivity contribution >= 4 is 17.9 Å². The van der Waals surface area contributed by atoms with Crippen LogP contribution in [0, 0.1) is 12.7 Å². The smallest absolute Gasteiger partial charge is 0.320 e. The van der Waals surface area contributed by atoms with Gasteiger partial charge < -0.3 is 25.7 Å². The number of ether oxygens (including phenoxy) is 1. The molecule has 0 fully saturated rings. The molecule has 1 atom stereocenters. The van der Waals surface area contributed by atoms with E-state index in [1.54, 1.807) is 14.0 Å². The van der Waals surface area contributed by atoms with Crippen LogP contribution in [0.4, 0.5) is 10.1 Å². The number of halogens is 1. The lowest BCUT2D eigenvalue weighted by Crippen LogP contribution is -2.32. The van der Waals surface area contributed by atoms with Crippen molar-refractivity contribution in [3.63, 3.8) is 0 Å². The van der Waals surface area contributed by atoms with Crippen LogP contribution in [0.3, 0.4) is 0 Å². The molecule has 132 valence electrons. The predicted octanol–water partition coefficient (Wildman–Crippen LogP) is 2.37. The van der Waals surface area contributed by atoms with E-state index in [0.29, 0.717) is 11.3 Å². The second kappa shape index (κ2) is 12.4. The fourth-order valence-electron chi connectivity index (χ4n) is 1.81. The molecule has 0 aliphatic rings. The molecule has 0 aromatic heterocycles. The van der Waals surface area contributed by atoms with Gasteiger partial charge in [0.1, 0.15) is 12.3 Å². The molecule has 0 saturated carbocycles. The number of hydrogen-bond donors (Lipinski definition) is 3. The van der Waals surface area contributed by atoms with Crippen molar-refractivity contribution < 1.29 is 23.8 Å². The van der Waals surface area contributed by atoms with Crippen molar-refractivity contribution in [3.8, 4) is 5.75 Å². The minimum atomic E-state index is -1.11. The number of rotatable bonds is 5. The van der Waals surface area contributed by atoms with E-state index in [1.807, 2.05) is 13.8 Å². The number of carbonyl (C=O) groups excluding carboxylic acids is 1. The molecule has 6 nitrogen and oxygen atoms in total. The molecule has 0 heterocycles. The lowest BCUT2D eigenvalue weighted by atomic mass is 9.99. The zero-order valence-electron chi connectivity index (χ0n) is 14.6. The fourth-order valence-corrected chi connectivity index (χ4v) is 1.81. The number of aldehydes is 1. The monoisotopic (exact) mass is 330 g/mol. The van der Waals surface area contributed by atoms with Crippen molar-refractivity contribution in [3.05, 3.63) is 23.0 Å². The lowest BCUT2D eigenvalue weighted by molar-refractivity contribution is -0.138. The number of methoxy groups -OCH3 is 1. The van der Waals surface area contributed by atoms with Crippen molar-refractivity contribution in [2.24, 2.45) is 5.73 Å². The Kier molecular flexibility index (Phi) is 12.5. The van der Waals surface area contributed by atoms with Gasteiger partial charge in [-0.05, 0) is 37.5 Å². The van der Waals surface area contributed by atoms with E-state index in [9.17, 15) is 9.18 Å². The first-order valence-corrected chi connectivity index (χ1v) is 7.25. The molecule has 0 radical (unpaired) electrons. The number of aliphatic carboxylic acids is 1. The highest BCUT2D eigenvalue weighted by molar-refractivity contribution is 5.74. The van der Waals surface area contributed by atoms with Gasteiger partial charge in [0, 0.05) is 7.05 Å². The van der Waals surface area contributed by atoms with Gasteiger partial charge in [0.05, 0.1) is 12.8 Å². The summed E-state index contributed by atoms with van der Waals surface area (Å²) in [5, 5.41) is 11.6. The minimum Gasteiger partial charge on any atom is -0.492 e. The van der Waals surface area contributed by atoms with Gasteiger partial charge in [-0.3, -0.25) is 4.79 Å². The molecule has 0 amide bonds. The summed E-state index contributed by atoms with van der Waals surface area (Å²) in [4.78, 5) is 19.5. The third kappa shape index (κ3) is 7.10. The van der Waals surface area contributed by atoms with E-state index < -0.39 is 17.8 Å². The van der Waals surface area contributed by atoms with Crippen molar-refractivity contribution in [2.45, 2.75) is 40.2 Å². The number of hydrogen-bond acceptors (Lipinski definition) is 5. The molecule has 0 aliphatic heterocycles. The van der Waals surface area contributed by atoms with Crippen LogP contribution in [0.2, 0.25) is 0 Å². The summed E-state index contributed by atoms with van der Waals surface area (Å²) in [6.07, 6.45) is 0.816. The number of carboxylic acids is 1. The van der Waals surface area contributed by atoms with Gasteiger partial charge in [-0.25, -0.2) is 4.39 Å². The summed E-state index contributed by atoms with van der Waals surface area (Å²) in [6, 6.07) is 0.207. The quantitative estimate of drug-likeness (QED) is 0.717. The number of anilines is 1. The summed E-state index contributed by atoms with van der Waals surface area (Å²) < 4.78 is 18.7. The van der Waals surface area contributed by atoms with Gasteiger partial charge in [-0.1, -0.05) is 13.8 Å². The minimum absolute atomic E-state index is 0.0662. The standard InChI is InChI=1S/C12H17FN2O3.C2H4O.C2H6/c1-6-7(5-9(14)12(16)17)4-8(13)11(18-3)10(6)15-2;1-2-3;1-2/h4,9,15H,5,14H2,1-3H3,(H,16,17);2H,1H3;1-2H3. The Morgan fingerprint density at radius 2 is 2.00 bits per heavy atom. The molecule has 0 bridgehead atoms. The van der Waals surface area contributed by atoms with Crippen LogP contribution in [-0.2, 0) is 16.0 Å². The summed E-state index contributed by atoms with van der Waals surface area (Å²) in [6.45, 7) is 7.21. The molecule has 1 aromatic rings. The third-order valence-corrected chi connectivity index (χ3v) is 2.81. The zero-order chi connectivity index (χ0) is 18.6. The van der Waals surface area contributed by atoms with Gasteiger partial charge >= 0.3 is 5.97 Å². The van der Waals surface area contributed by atoms with E-state index >= 15 is 0 Å². The Bertz CT molecular complexity index is 507. The molecule has 1 unspecified atom stereocenters. The number of nitrogens with two attached hydrogens (primary N) is 1. The molecule has 1 rings (SSSR count). The Morgan fingerprint density at radius 3 is 2.35 bits per heavy atom. The van der Waals surface area contributed by atoms with Gasteiger partial charge in [-0.2, -0.15) is 0 Å². The summed E-state index contributed by atoms with van der Waals surface area (Å²) in [5.41, 5.74) is 7.24. The number of nitrogens with one attached hydrogen (secondary N) is 1. The zero-order valence-corrected chi connectivity index (χ0v) is 14.6. The van der Waals surface area contributed by atoms with Crippen LogP contribution in [0.5, 0.6) is 5.75 Å². The second-order valence-corrected chi connectivity index (χ2v) is 4.19. The largest absolute Gasteiger partial charge is 0.492 e. The number of carboxylic acid groups (broad SMARTS) is 1. The molecule has 23 heavy (non-hydrogen) atoms. The first-order chi connectivity index (χ1) is 10.8. The highest BCUT2D eigenvalue weighted by atomic mass is 19.1. The van der Waals surface area contributed by atoms with Gasteiger partial charge in [-0.15, -0.1) is 0 Å². The number of benzene rings is 1. The fraction of sp³-hybridized carbons (Fsp3) is 0.500. The van der Waals surface area contributed by atoms with Crippen LogP contribution in [0.1, 0.15) is 31.9 Å². The van der Waals surface area contributed by atoms with Crippen LogP contribution >= 0.6 is 0 Å². The van der Waals surface area contributed by atoms with Gasteiger partial charge in [0.25, 0.3) is 0 Å². The molecule has 7 heteroatoms. The summed E-state index contributed by atoms with van der Waals surface area (Å²) in [7, 11) is 3.02. The van der Waals surface area contributed by atoms with Crippen LogP contribution in [-0.4, -0.2) is 37.6 Å². The van der Waals surface area contributed by atoms with Crippen LogP contribution < -0.4 is 15.8 Å². The highest BCUT2D eigenvalue weighted by Gasteiger charge is 2.19. The normalized spacial score (nSPS) is 10.3. The Labute approximate surface area is 136 Å². The molecule has 0 spiro atoms. The predicted molar refractivity (Wildman–Crippen MR) is 89.6 cm³/mol. The Hall–Kier alpha value is -2.15. The van der Waals surface area contributed by atoms with E-state index in [1.165, 1.54) is 20.1 Å². The topological polar surface area (TPSA) is 102 Å². The maximum absolute atomic E-state index is 13.8. The Morgan fingerprint density at radius 1 is 1.52 bits per heavy atom. The first kappa shape index (κ1) is 23.1. The van der Waals surface area contributed by atoms with Crippen molar-refractivity contribution in [2.75, 3.05) is 19.5 Å². The molecule has 1 aromatic carbocycles. The van der Waals surface area contributed by atoms with Crippen LogP contribution in [0.25, 0.3) is 0 Å². The first-order valence-electron chi connectivity index (χ1n) is 7.25. The summed E-state index contributed by atoms with van der Waals surface area (Å²) >= 11 is 0. The van der Waals surface area contributed by atoms with E-state index in [-0.39, 0.29) is 12.2 Å². The second-order valence-electron chi connectivity index (χ2n) is 4.19. The Balaban J connectivity index is 0. The highest BCUT2D eigenvalue weighted by Crippen LogP contribution is 2.33.